The predicted octanol–water partition coefficient (Wildman–Crippen LogP) is 4.03. The molecule has 6 heteroatoms. The van der Waals surface area contributed by atoms with Gasteiger partial charge in [-0.25, -0.2) is 4.99 Å². The standard InChI is InChI=1S/C21H37N3O2S/c1-3-22-20(24-17-21(2,25)18-12-15-27-16-18)23-13-8-5-9-14-26-19-10-6-4-7-11-19/h12,15-16,19,25H,3-11,13-14,17H2,1-2H3,(H2,22,23,24). The van der Waals surface area contributed by atoms with Crippen molar-refractivity contribution < 1.29 is 9.84 Å². The van der Waals surface area contributed by atoms with Crippen molar-refractivity contribution in [1.29, 1.82) is 0 Å². The maximum Gasteiger partial charge on any atom is 0.191 e. The average Bonchev–Trinajstić information content (AvgIpc) is 3.22. The molecule has 0 amide bonds. The van der Waals surface area contributed by atoms with Crippen LogP contribution >= 0.6 is 11.3 Å². The van der Waals surface area contributed by atoms with Crippen LogP contribution in [-0.4, -0.2) is 43.4 Å². The molecule has 1 saturated carbocycles. The van der Waals surface area contributed by atoms with Gasteiger partial charge in [0.05, 0.1) is 12.6 Å². The summed E-state index contributed by atoms with van der Waals surface area (Å²) >= 11 is 1.59. The minimum absolute atomic E-state index is 0.342. The number of rotatable bonds is 11. The highest BCUT2D eigenvalue weighted by molar-refractivity contribution is 7.08. The highest BCUT2D eigenvalue weighted by Gasteiger charge is 2.23. The fourth-order valence-corrected chi connectivity index (χ4v) is 4.11. The highest BCUT2D eigenvalue weighted by Crippen LogP contribution is 2.23. The van der Waals surface area contributed by atoms with Crippen molar-refractivity contribution >= 4 is 17.3 Å². The van der Waals surface area contributed by atoms with Crippen LogP contribution in [0.15, 0.2) is 21.8 Å². The predicted molar refractivity (Wildman–Crippen MR) is 115 cm³/mol. The smallest absolute Gasteiger partial charge is 0.191 e. The van der Waals surface area contributed by atoms with Crippen LogP contribution in [0.3, 0.4) is 0 Å². The molecule has 0 aliphatic heterocycles. The molecular weight excluding hydrogens is 358 g/mol. The first kappa shape index (κ1) is 22.2. The number of aliphatic imine (C=N–C) groups is 1. The summed E-state index contributed by atoms with van der Waals surface area (Å²) in [6.45, 7) is 6.79. The number of hydrogen-bond donors (Lipinski definition) is 3. The first-order valence-corrected chi connectivity index (χ1v) is 11.4. The van der Waals surface area contributed by atoms with Gasteiger partial charge in [0.25, 0.3) is 0 Å². The van der Waals surface area contributed by atoms with E-state index < -0.39 is 5.60 Å². The molecule has 1 aromatic heterocycles. The van der Waals surface area contributed by atoms with E-state index in [2.05, 4.69) is 22.5 Å². The summed E-state index contributed by atoms with van der Waals surface area (Å²) in [5, 5.41) is 21.2. The van der Waals surface area contributed by atoms with Crippen LogP contribution < -0.4 is 10.6 Å². The largest absolute Gasteiger partial charge is 0.383 e. The number of hydrogen-bond acceptors (Lipinski definition) is 4. The van der Waals surface area contributed by atoms with Crippen molar-refractivity contribution in [3.8, 4) is 0 Å². The number of unbranched alkanes of at least 4 members (excludes halogenated alkanes) is 2. The number of thiophene rings is 1. The van der Waals surface area contributed by atoms with E-state index >= 15 is 0 Å². The van der Waals surface area contributed by atoms with Crippen LogP contribution in [0.1, 0.15) is 70.8 Å². The molecule has 0 saturated heterocycles. The zero-order valence-corrected chi connectivity index (χ0v) is 17.8. The van der Waals surface area contributed by atoms with Gasteiger partial charge in [-0.05, 0) is 68.3 Å². The quantitative estimate of drug-likeness (QED) is 0.301. The van der Waals surface area contributed by atoms with E-state index in [0.717, 1.165) is 50.5 Å². The average molecular weight is 396 g/mol. The summed E-state index contributed by atoms with van der Waals surface area (Å²) in [5.74, 6) is 0.770. The summed E-state index contributed by atoms with van der Waals surface area (Å²) in [4.78, 5) is 4.56. The molecule has 1 unspecified atom stereocenters. The zero-order valence-electron chi connectivity index (χ0n) is 17.0. The fraction of sp³-hybridized carbons (Fsp3) is 0.762. The second-order valence-corrected chi connectivity index (χ2v) is 8.38. The van der Waals surface area contributed by atoms with Gasteiger partial charge in [0.2, 0.25) is 0 Å². The van der Waals surface area contributed by atoms with Crippen molar-refractivity contribution in [2.75, 3.05) is 26.2 Å². The van der Waals surface area contributed by atoms with Gasteiger partial charge < -0.3 is 20.5 Å². The van der Waals surface area contributed by atoms with Crippen LogP contribution in [-0.2, 0) is 10.3 Å². The SMILES string of the molecule is CCNC(=NCC(C)(O)c1ccsc1)NCCCCCOC1CCCCC1. The maximum atomic E-state index is 10.6. The van der Waals surface area contributed by atoms with Gasteiger partial charge in [0, 0.05) is 19.7 Å². The molecule has 1 heterocycles. The Morgan fingerprint density at radius 3 is 2.78 bits per heavy atom. The van der Waals surface area contributed by atoms with Gasteiger partial charge in [0.15, 0.2) is 5.96 Å². The Morgan fingerprint density at radius 2 is 2.07 bits per heavy atom. The van der Waals surface area contributed by atoms with Gasteiger partial charge in [0.1, 0.15) is 5.60 Å². The van der Waals surface area contributed by atoms with Crippen LogP contribution in [0.2, 0.25) is 0 Å². The Morgan fingerprint density at radius 1 is 1.26 bits per heavy atom. The first-order chi connectivity index (χ1) is 13.1. The number of nitrogens with one attached hydrogen (secondary N) is 2. The lowest BCUT2D eigenvalue weighted by Gasteiger charge is -2.22. The van der Waals surface area contributed by atoms with Crippen LogP contribution in [0, 0.1) is 0 Å². The summed E-state index contributed by atoms with van der Waals surface area (Å²) in [6, 6.07) is 1.95. The molecule has 1 aliphatic carbocycles. The second kappa shape index (κ2) is 12.4. The van der Waals surface area contributed by atoms with Gasteiger partial charge in [-0.1, -0.05) is 19.3 Å². The molecule has 0 aromatic carbocycles. The third-order valence-corrected chi connectivity index (χ3v) is 5.73. The Bertz CT molecular complexity index is 526. The van der Waals surface area contributed by atoms with Crippen molar-refractivity contribution in [3.63, 3.8) is 0 Å². The topological polar surface area (TPSA) is 65.9 Å². The molecule has 2 rings (SSSR count). The van der Waals surface area contributed by atoms with E-state index in [-0.39, 0.29) is 0 Å². The molecular formula is C21H37N3O2S. The number of nitrogens with zero attached hydrogens (tertiary/aromatic N) is 1. The summed E-state index contributed by atoms with van der Waals surface area (Å²) < 4.78 is 5.98. The molecule has 1 fully saturated rings. The molecule has 1 aromatic rings. The van der Waals surface area contributed by atoms with Gasteiger partial charge >= 0.3 is 0 Å². The maximum absolute atomic E-state index is 10.6. The molecule has 1 atom stereocenters. The third kappa shape index (κ3) is 8.62. The summed E-state index contributed by atoms with van der Waals surface area (Å²) in [6.07, 6.45) is 10.4. The lowest BCUT2D eigenvalue weighted by atomic mass is 9.98. The Balaban J connectivity index is 1.60. The van der Waals surface area contributed by atoms with Gasteiger partial charge in [-0.2, -0.15) is 11.3 Å². The van der Waals surface area contributed by atoms with E-state index in [0.29, 0.717) is 12.6 Å². The highest BCUT2D eigenvalue weighted by atomic mass is 32.1. The minimum Gasteiger partial charge on any atom is -0.383 e. The minimum atomic E-state index is -0.932. The van der Waals surface area contributed by atoms with E-state index in [4.69, 9.17) is 4.74 Å². The first-order valence-electron chi connectivity index (χ1n) is 10.5. The molecule has 1 aliphatic rings. The van der Waals surface area contributed by atoms with Gasteiger partial charge in [-0.15, -0.1) is 0 Å². The third-order valence-electron chi connectivity index (χ3n) is 5.05. The molecule has 27 heavy (non-hydrogen) atoms. The lowest BCUT2D eigenvalue weighted by molar-refractivity contribution is 0.0264. The Kier molecular flexibility index (Phi) is 10.2. The molecule has 5 nitrogen and oxygen atoms in total. The summed E-state index contributed by atoms with van der Waals surface area (Å²) in [7, 11) is 0. The normalized spacial score (nSPS) is 18.3. The number of ether oxygens (including phenoxy) is 1. The van der Waals surface area contributed by atoms with Crippen molar-refractivity contribution in [2.45, 2.75) is 76.9 Å². The van der Waals surface area contributed by atoms with Crippen molar-refractivity contribution in [3.05, 3.63) is 22.4 Å². The zero-order chi connectivity index (χ0) is 19.4. The number of aliphatic hydroxyl groups is 1. The van der Waals surface area contributed by atoms with Crippen LogP contribution in [0.25, 0.3) is 0 Å². The van der Waals surface area contributed by atoms with E-state index in [9.17, 15) is 5.11 Å². The van der Waals surface area contributed by atoms with E-state index in [1.54, 1.807) is 11.3 Å². The lowest BCUT2D eigenvalue weighted by Crippen LogP contribution is -2.39. The number of guanidine groups is 1. The summed E-state index contributed by atoms with van der Waals surface area (Å²) in [5.41, 5.74) is -0.0104. The molecule has 0 bridgehead atoms. The second-order valence-electron chi connectivity index (χ2n) is 7.60. The monoisotopic (exact) mass is 395 g/mol. The molecule has 3 N–H and O–H groups in total. The molecule has 154 valence electrons. The van der Waals surface area contributed by atoms with E-state index in [1.165, 1.54) is 32.1 Å². The van der Waals surface area contributed by atoms with Gasteiger partial charge in [-0.3, -0.25) is 0 Å². The van der Waals surface area contributed by atoms with E-state index in [1.807, 2.05) is 23.8 Å². The Hall–Kier alpha value is -1.11. The van der Waals surface area contributed by atoms with Crippen LogP contribution in [0.5, 0.6) is 0 Å². The molecule has 0 radical (unpaired) electrons. The van der Waals surface area contributed by atoms with Crippen molar-refractivity contribution in [1.82, 2.24) is 10.6 Å². The Labute approximate surface area is 168 Å². The molecule has 0 spiro atoms. The van der Waals surface area contributed by atoms with Crippen LogP contribution in [0.4, 0.5) is 0 Å². The van der Waals surface area contributed by atoms with Crippen molar-refractivity contribution in [2.24, 2.45) is 4.99 Å². The fourth-order valence-electron chi connectivity index (χ4n) is 3.33.